The first kappa shape index (κ1) is 17.9. The summed E-state index contributed by atoms with van der Waals surface area (Å²) in [5, 5.41) is 20.2. The number of aliphatic hydroxyl groups excluding tert-OH is 1. The molecule has 2 rings (SSSR count). The highest BCUT2D eigenvalue weighted by atomic mass is 16.3. The molecule has 0 aliphatic heterocycles. The molecule has 9 heteroatoms. The number of carbonyl (C=O) groups is 1. The Hall–Kier alpha value is -2.42. The minimum absolute atomic E-state index is 0.117. The van der Waals surface area contributed by atoms with Crippen molar-refractivity contribution in [1.29, 1.82) is 0 Å². The summed E-state index contributed by atoms with van der Waals surface area (Å²) < 4.78 is 3.76. The third-order valence-corrected chi connectivity index (χ3v) is 3.79. The lowest BCUT2D eigenvalue weighted by Crippen LogP contribution is -2.43. The molecule has 0 aliphatic rings. The van der Waals surface area contributed by atoms with Gasteiger partial charge in [-0.2, -0.15) is 0 Å². The molecule has 2 aromatic rings. The number of rotatable bonds is 7. The maximum atomic E-state index is 12.6. The van der Waals surface area contributed by atoms with E-state index in [2.05, 4.69) is 20.5 Å². The molecule has 24 heavy (non-hydrogen) atoms. The summed E-state index contributed by atoms with van der Waals surface area (Å²) in [7, 11) is 1.87. The predicted molar refractivity (Wildman–Crippen MR) is 88.1 cm³/mol. The molecule has 0 unspecified atom stereocenters. The average Bonchev–Trinajstić information content (AvgIpc) is 3.16. The van der Waals surface area contributed by atoms with Crippen molar-refractivity contribution in [2.75, 3.05) is 13.2 Å². The largest absolute Gasteiger partial charge is 0.395 e. The van der Waals surface area contributed by atoms with E-state index in [-0.39, 0.29) is 31.3 Å². The highest BCUT2D eigenvalue weighted by Crippen LogP contribution is 2.14. The zero-order valence-corrected chi connectivity index (χ0v) is 14.5. The fourth-order valence-electron chi connectivity index (χ4n) is 2.39. The molecule has 0 saturated carbocycles. The third-order valence-electron chi connectivity index (χ3n) is 3.79. The van der Waals surface area contributed by atoms with Crippen molar-refractivity contribution in [2.45, 2.75) is 39.4 Å². The number of imidazole rings is 1. The van der Waals surface area contributed by atoms with Crippen LogP contribution in [0.25, 0.3) is 0 Å². The molecule has 0 bridgehead atoms. The summed E-state index contributed by atoms with van der Waals surface area (Å²) in [6.45, 7) is 6.34. The highest BCUT2D eigenvalue weighted by Gasteiger charge is 2.21. The summed E-state index contributed by atoms with van der Waals surface area (Å²) in [6, 6.07) is -0.377. The number of hydrogen-bond acceptors (Lipinski definition) is 5. The van der Waals surface area contributed by atoms with Gasteiger partial charge in [0.25, 0.3) is 0 Å². The standard InChI is InChI=1S/C15H25N7O2/c1-11(2)22-10-17-19-14(22)12(3)18-15(24)21(7-8-23)9-13-16-5-6-20(13)4/h5-6,10-12,23H,7-9H2,1-4H3,(H,18,24)/t12-/m1/s1. The predicted octanol–water partition coefficient (Wildman–Crippen LogP) is 0.858. The second-order valence-electron chi connectivity index (χ2n) is 5.96. The molecular weight excluding hydrogens is 310 g/mol. The van der Waals surface area contributed by atoms with Gasteiger partial charge in [-0.15, -0.1) is 10.2 Å². The third kappa shape index (κ3) is 4.10. The Labute approximate surface area is 141 Å². The first-order valence-electron chi connectivity index (χ1n) is 7.96. The van der Waals surface area contributed by atoms with Gasteiger partial charge in [-0.3, -0.25) is 0 Å². The van der Waals surface area contributed by atoms with Crippen molar-refractivity contribution in [2.24, 2.45) is 7.05 Å². The molecule has 1 atom stereocenters. The summed E-state index contributed by atoms with van der Waals surface area (Å²) in [5.41, 5.74) is 0. The number of amides is 2. The van der Waals surface area contributed by atoms with Gasteiger partial charge in [-0.1, -0.05) is 0 Å². The van der Waals surface area contributed by atoms with Crippen molar-refractivity contribution in [1.82, 2.24) is 34.5 Å². The number of aromatic nitrogens is 5. The van der Waals surface area contributed by atoms with E-state index in [1.165, 1.54) is 4.90 Å². The molecule has 2 heterocycles. The summed E-state index contributed by atoms with van der Waals surface area (Å²) in [4.78, 5) is 18.3. The number of aliphatic hydroxyl groups is 1. The van der Waals surface area contributed by atoms with Crippen molar-refractivity contribution in [3.8, 4) is 0 Å². The maximum absolute atomic E-state index is 12.6. The zero-order valence-electron chi connectivity index (χ0n) is 14.5. The van der Waals surface area contributed by atoms with Crippen LogP contribution in [0.4, 0.5) is 4.79 Å². The normalized spacial score (nSPS) is 12.4. The van der Waals surface area contributed by atoms with Gasteiger partial charge >= 0.3 is 6.03 Å². The number of carbonyl (C=O) groups excluding carboxylic acids is 1. The second kappa shape index (κ2) is 7.91. The molecule has 9 nitrogen and oxygen atoms in total. The van der Waals surface area contributed by atoms with Gasteiger partial charge in [0.1, 0.15) is 12.2 Å². The Morgan fingerprint density at radius 2 is 2.17 bits per heavy atom. The molecule has 0 fully saturated rings. The van der Waals surface area contributed by atoms with E-state index >= 15 is 0 Å². The van der Waals surface area contributed by atoms with Crippen LogP contribution in [-0.4, -0.2) is 53.5 Å². The van der Waals surface area contributed by atoms with Gasteiger partial charge in [0, 0.05) is 32.0 Å². The zero-order chi connectivity index (χ0) is 17.7. The molecule has 0 aromatic carbocycles. The second-order valence-corrected chi connectivity index (χ2v) is 5.96. The number of nitrogens with zero attached hydrogens (tertiary/aromatic N) is 6. The Morgan fingerprint density at radius 1 is 1.42 bits per heavy atom. The van der Waals surface area contributed by atoms with E-state index in [1.54, 1.807) is 12.5 Å². The summed E-state index contributed by atoms with van der Waals surface area (Å²) in [6.07, 6.45) is 5.15. The van der Waals surface area contributed by atoms with Crippen molar-refractivity contribution < 1.29 is 9.90 Å². The van der Waals surface area contributed by atoms with Crippen LogP contribution in [0.1, 0.15) is 44.5 Å². The molecule has 0 radical (unpaired) electrons. The molecule has 0 saturated heterocycles. The topological polar surface area (TPSA) is 101 Å². The van der Waals surface area contributed by atoms with E-state index in [0.29, 0.717) is 12.4 Å². The first-order chi connectivity index (χ1) is 11.4. The molecule has 0 spiro atoms. The van der Waals surface area contributed by atoms with Crippen LogP contribution in [0, 0.1) is 0 Å². The van der Waals surface area contributed by atoms with Gasteiger partial charge in [-0.25, -0.2) is 9.78 Å². The molecule has 132 valence electrons. The first-order valence-corrected chi connectivity index (χ1v) is 7.96. The van der Waals surface area contributed by atoms with E-state index in [9.17, 15) is 9.90 Å². The lowest BCUT2D eigenvalue weighted by Gasteiger charge is -2.24. The smallest absolute Gasteiger partial charge is 0.318 e. The highest BCUT2D eigenvalue weighted by molar-refractivity contribution is 5.74. The molecular formula is C15H25N7O2. The van der Waals surface area contributed by atoms with Crippen LogP contribution in [0.5, 0.6) is 0 Å². The van der Waals surface area contributed by atoms with Crippen LogP contribution in [0.3, 0.4) is 0 Å². The molecule has 2 aromatic heterocycles. The monoisotopic (exact) mass is 335 g/mol. The average molecular weight is 335 g/mol. The molecule has 2 N–H and O–H groups in total. The van der Waals surface area contributed by atoms with Gasteiger partial charge in [0.2, 0.25) is 0 Å². The summed E-state index contributed by atoms with van der Waals surface area (Å²) >= 11 is 0. The van der Waals surface area contributed by atoms with Gasteiger partial charge in [-0.05, 0) is 20.8 Å². The fourth-order valence-corrected chi connectivity index (χ4v) is 2.39. The minimum atomic E-state index is -0.301. The number of hydrogen-bond donors (Lipinski definition) is 2. The lowest BCUT2D eigenvalue weighted by molar-refractivity contribution is 0.168. The molecule has 2 amide bonds. The van der Waals surface area contributed by atoms with E-state index < -0.39 is 0 Å². The van der Waals surface area contributed by atoms with Gasteiger partial charge in [0.05, 0.1) is 19.2 Å². The quantitative estimate of drug-likeness (QED) is 0.781. The Kier molecular flexibility index (Phi) is 5.91. The molecule has 0 aliphatic carbocycles. The number of aryl methyl sites for hydroxylation is 1. The maximum Gasteiger partial charge on any atom is 0.318 e. The lowest BCUT2D eigenvalue weighted by atomic mass is 10.3. The fraction of sp³-hybridized carbons (Fsp3) is 0.600. The van der Waals surface area contributed by atoms with Gasteiger partial charge < -0.3 is 24.5 Å². The number of nitrogens with one attached hydrogen (secondary N) is 1. The van der Waals surface area contributed by atoms with E-state index in [4.69, 9.17) is 0 Å². The number of urea groups is 1. The minimum Gasteiger partial charge on any atom is -0.395 e. The van der Waals surface area contributed by atoms with Crippen LogP contribution in [0.15, 0.2) is 18.7 Å². The van der Waals surface area contributed by atoms with Crippen molar-refractivity contribution in [3.05, 3.63) is 30.4 Å². The SMILES string of the molecule is CC(C)n1cnnc1[C@@H](C)NC(=O)N(CCO)Cc1nccn1C. The van der Waals surface area contributed by atoms with Crippen LogP contribution >= 0.6 is 0 Å². The van der Waals surface area contributed by atoms with Crippen LogP contribution < -0.4 is 5.32 Å². The van der Waals surface area contributed by atoms with Crippen molar-refractivity contribution in [3.63, 3.8) is 0 Å². The van der Waals surface area contributed by atoms with Crippen LogP contribution in [-0.2, 0) is 13.6 Å². The van der Waals surface area contributed by atoms with Crippen molar-refractivity contribution >= 4 is 6.03 Å². The summed E-state index contributed by atoms with van der Waals surface area (Å²) in [5.74, 6) is 1.44. The Balaban J connectivity index is 2.07. The van der Waals surface area contributed by atoms with E-state index in [1.807, 2.05) is 43.1 Å². The van der Waals surface area contributed by atoms with Gasteiger partial charge in [0.15, 0.2) is 5.82 Å². The van der Waals surface area contributed by atoms with Crippen LogP contribution in [0.2, 0.25) is 0 Å². The van der Waals surface area contributed by atoms with E-state index in [0.717, 1.165) is 5.82 Å². The Bertz CT molecular complexity index is 664. The Morgan fingerprint density at radius 3 is 2.75 bits per heavy atom.